The Morgan fingerprint density at radius 2 is 1.97 bits per heavy atom. The van der Waals surface area contributed by atoms with Crippen LogP contribution in [0.5, 0.6) is 11.5 Å². The van der Waals surface area contributed by atoms with Crippen LogP contribution in [0.15, 0.2) is 72.9 Å². The van der Waals surface area contributed by atoms with E-state index in [1.165, 1.54) is 0 Å². The van der Waals surface area contributed by atoms with Crippen LogP contribution in [0.2, 0.25) is 0 Å². The Kier molecular flexibility index (Phi) is 7.55. The maximum Gasteiger partial charge on any atom is 0.188 e. The van der Waals surface area contributed by atoms with E-state index in [0.29, 0.717) is 49.1 Å². The number of H-pyrrole nitrogens is 1. The van der Waals surface area contributed by atoms with E-state index in [0.717, 1.165) is 11.3 Å². The molecule has 1 fully saturated rings. The maximum atomic E-state index is 16.1. The molecule has 0 saturated carbocycles. The first-order valence-corrected chi connectivity index (χ1v) is 12.5. The second kappa shape index (κ2) is 11.4. The van der Waals surface area contributed by atoms with Gasteiger partial charge in [0.25, 0.3) is 0 Å². The minimum atomic E-state index is -0.508. The van der Waals surface area contributed by atoms with Crippen molar-refractivity contribution in [3.05, 3.63) is 90.1 Å². The number of amidine groups is 1. The monoisotopic (exact) mass is 515 g/mol. The van der Waals surface area contributed by atoms with Gasteiger partial charge in [-0.15, -0.1) is 0 Å². The summed E-state index contributed by atoms with van der Waals surface area (Å²) in [4.78, 5) is 9.79. The first kappa shape index (κ1) is 25.3. The topological polar surface area (TPSA) is 109 Å². The molecule has 0 unspecified atom stereocenters. The van der Waals surface area contributed by atoms with E-state index in [1.54, 1.807) is 41.3 Å². The summed E-state index contributed by atoms with van der Waals surface area (Å²) in [5.41, 5.74) is 8.97. The lowest BCUT2D eigenvalue weighted by Crippen LogP contribution is -2.21. The zero-order valence-corrected chi connectivity index (χ0v) is 21.1. The maximum absolute atomic E-state index is 16.1. The first-order chi connectivity index (χ1) is 18.5. The van der Waals surface area contributed by atoms with E-state index >= 15 is 4.39 Å². The number of nitrogens with one attached hydrogen (secondary N) is 2. The first-order valence-electron chi connectivity index (χ1n) is 12.5. The summed E-state index contributed by atoms with van der Waals surface area (Å²) in [5.74, 6) is 0.697. The lowest BCUT2D eigenvalue weighted by atomic mass is 10.1. The minimum Gasteiger partial charge on any atom is -0.494 e. The molecule has 1 aliphatic rings. The molecule has 1 saturated heterocycles. The van der Waals surface area contributed by atoms with Gasteiger partial charge in [-0.25, -0.2) is 9.37 Å². The summed E-state index contributed by atoms with van der Waals surface area (Å²) in [6, 6.07) is 20.2. The van der Waals surface area contributed by atoms with Gasteiger partial charge in [-0.2, -0.15) is 0 Å². The molecule has 0 bridgehead atoms. The number of anilines is 2. The van der Waals surface area contributed by atoms with Crippen LogP contribution in [0.4, 0.5) is 15.8 Å². The van der Waals surface area contributed by atoms with Gasteiger partial charge in [-0.1, -0.05) is 30.3 Å². The molecule has 3 aromatic carbocycles. The van der Waals surface area contributed by atoms with Gasteiger partial charge in [0.15, 0.2) is 11.6 Å². The van der Waals surface area contributed by atoms with Crippen molar-refractivity contribution >= 4 is 17.2 Å². The Bertz CT molecular complexity index is 1390. The molecule has 4 N–H and O–H groups in total. The Hall–Kier alpha value is -4.37. The highest BCUT2D eigenvalue weighted by molar-refractivity contribution is 5.95. The van der Waals surface area contributed by atoms with Crippen LogP contribution < -0.4 is 20.1 Å². The van der Waals surface area contributed by atoms with Gasteiger partial charge >= 0.3 is 0 Å². The van der Waals surface area contributed by atoms with E-state index in [1.807, 2.05) is 43.5 Å². The number of nitrogens with two attached hydrogens (primary N) is 1. The van der Waals surface area contributed by atoms with E-state index in [2.05, 4.69) is 4.98 Å². The molecule has 0 aliphatic carbocycles. The average molecular weight is 516 g/mol. The number of ether oxygens (including phenoxy) is 3. The molecule has 4 aromatic rings. The van der Waals surface area contributed by atoms with Crippen molar-refractivity contribution < 1.29 is 18.6 Å². The number of hydrogen-bond acceptors (Lipinski definition) is 6. The normalized spacial score (nSPS) is 14.8. The SMILES string of the molecule is CCOc1cc(O[C@H]2CCOC2)c(F)c(N(Cc2nc(-c3ccccc3)c[nH]2)c2ccc(C(=N)N)cc2)c1. The molecular weight excluding hydrogens is 485 g/mol. The van der Waals surface area contributed by atoms with E-state index < -0.39 is 5.82 Å². The van der Waals surface area contributed by atoms with Gasteiger partial charge < -0.3 is 29.8 Å². The zero-order chi connectivity index (χ0) is 26.5. The van der Waals surface area contributed by atoms with E-state index in [-0.39, 0.29) is 29.9 Å². The summed E-state index contributed by atoms with van der Waals surface area (Å²) in [6.45, 7) is 3.54. The quantitative estimate of drug-likeness (QED) is 0.193. The standard InChI is InChI=1S/C29H30FN5O3/c1-2-37-23-14-25(28(30)26(15-23)38-22-12-13-36-18-22)35(21-10-8-20(9-11-21)29(31)32)17-27-33-16-24(34-27)19-6-4-3-5-7-19/h3-11,14-16,22H,2,12-13,17-18H2,1H3,(H3,31,32)(H,33,34)/t22-/m0/s1. The molecule has 38 heavy (non-hydrogen) atoms. The van der Waals surface area contributed by atoms with Gasteiger partial charge in [-0.05, 0) is 31.2 Å². The third-order valence-corrected chi connectivity index (χ3v) is 6.28. The van der Waals surface area contributed by atoms with Crippen LogP contribution in [0.3, 0.4) is 0 Å². The van der Waals surface area contributed by atoms with Crippen LogP contribution in [0.1, 0.15) is 24.7 Å². The summed E-state index contributed by atoms with van der Waals surface area (Å²) in [6.07, 6.45) is 2.30. The summed E-state index contributed by atoms with van der Waals surface area (Å²) in [5, 5.41) is 7.73. The van der Waals surface area contributed by atoms with Crippen molar-refractivity contribution in [3.8, 4) is 22.8 Å². The fourth-order valence-corrected chi connectivity index (χ4v) is 4.36. The molecule has 1 aliphatic heterocycles. The second-order valence-electron chi connectivity index (χ2n) is 8.94. The number of nitrogens with zero attached hydrogens (tertiary/aromatic N) is 2. The number of aromatic nitrogens is 2. The van der Waals surface area contributed by atoms with Crippen LogP contribution in [-0.2, 0) is 11.3 Å². The molecular formula is C29H30FN5O3. The summed E-state index contributed by atoms with van der Waals surface area (Å²) < 4.78 is 33.3. The van der Waals surface area contributed by atoms with Crippen molar-refractivity contribution in [2.45, 2.75) is 26.0 Å². The number of hydrogen-bond donors (Lipinski definition) is 3. The van der Waals surface area contributed by atoms with Crippen LogP contribution in [0.25, 0.3) is 11.3 Å². The van der Waals surface area contributed by atoms with Gasteiger partial charge in [-0.3, -0.25) is 5.41 Å². The predicted octanol–water partition coefficient (Wildman–Crippen LogP) is 5.40. The van der Waals surface area contributed by atoms with Crippen molar-refractivity contribution in [1.29, 1.82) is 5.41 Å². The molecule has 0 spiro atoms. The molecule has 8 nitrogen and oxygen atoms in total. The number of imidazole rings is 1. The molecule has 2 heterocycles. The van der Waals surface area contributed by atoms with Crippen LogP contribution in [0, 0.1) is 11.2 Å². The van der Waals surface area contributed by atoms with Gasteiger partial charge in [0.05, 0.1) is 37.7 Å². The third-order valence-electron chi connectivity index (χ3n) is 6.28. The average Bonchev–Trinajstić information content (AvgIpc) is 3.62. The molecule has 5 rings (SSSR count). The highest BCUT2D eigenvalue weighted by Gasteiger charge is 2.25. The van der Waals surface area contributed by atoms with E-state index in [4.69, 9.17) is 30.3 Å². The van der Waals surface area contributed by atoms with Gasteiger partial charge in [0, 0.05) is 41.6 Å². The molecule has 0 amide bonds. The third kappa shape index (κ3) is 5.63. The molecule has 9 heteroatoms. The molecule has 1 atom stereocenters. The highest BCUT2D eigenvalue weighted by Crippen LogP contribution is 2.38. The fraction of sp³-hybridized carbons (Fsp3) is 0.241. The number of rotatable bonds is 10. The Balaban J connectivity index is 1.56. The minimum absolute atomic E-state index is 0.0411. The molecule has 0 radical (unpaired) electrons. The van der Waals surface area contributed by atoms with E-state index in [9.17, 15) is 0 Å². The molecule has 1 aromatic heterocycles. The van der Waals surface area contributed by atoms with Crippen molar-refractivity contribution in [2.75, 3.05) is 24.7 Å². The fourth-order valence-electron chi connectivity index (χ4n) is 4.36. The number of halogens is 1. The van der Waals surface area contributed by atoms with Crippen molar-refractivity contribution in [3.63, 3.8) is 0 Å². The Morgan fingerprint density at radius 3 is 2.66 bits per heavy atom. The highest BCUT2D eigenvalue weighted by atomic mass is 19.1. The number of nitrogen functional groups attached to an aromatic ring is 1. The predicted molar refractivity (Wildman–Crippen MR) is 145 cm³/mol. The summed E-state index contributed by atoms with van der Waals surface area (Å²) in [7, 11) is 0. The summed E-state index contributed by atoms with van der Waals surface area (Å²) >= 11 is 0. The largest absolute Gasteiger partial charge is 0.494 e. The van der Waals surface area contributed by atoms with Crippen LogP contribution >= 0.6 is 0 Å². The zero-order valence-electron chi connectivity index (χ0n) is 21.1. The number of benzene rings is 3. The second-order valence-corrected chi connectivity index (χ2v) is 8.94. The van der Waals surface area contributed by atoms with Gasteiger partial charge in [0.2, 0.25) is 0 Å². The Morgan fingerprint density at radius 1 is 1.18 bits per heavy atom. The van der Waals surface area contributed by atoms with Crippen molar-refractivity contribution in [1.82, 2.24) is 9.97 Å². The van der Waals surface area contributed by atoms with Crippen molar-refractivity contribution in [2.24, 2.45) is 5.73 Å². The smallest absolute Gasteiger partial charge is 0.188 e. The number of aromatic amines is 1. The van der Waals surface area contributed by atoms with Gasteiger partial charge in [0.1, 0.15) is 23.5 Å². The molecule has 196 valence electrons. The lowest BCUT2D eigenvalue weighted by molar-refractivity contribution is 0.138. The lowest BCUT2D eigenvalue weighted by Gasteiger charge is -2.27. The van der Waals surface area contributed by atoms with Crippen LogP contribution in [-0.4, -0.2) is 41.7 Å². The Labute approximate surface area is 220 Å².